The lowest BCUT2D eigenvalue weighted by Crippen LogP contribution is -2.47. The molecule has 0 bridgehead atoms. The summed E-state index contributed by atoms with van der Waals surface area (Å²) < 4.78 is 5.34. The fourth-order valence-corrected chi connectivity index (χ4v) is 2.44. The quantitative estimate of drug-likeness (QED) is 0.774. The van der Waals surface area contributed by atoms with Crippen molar-refractivity contribution in [1.82, 2.24) is 5.32 Å². The van der Waals surface area contributed by atoms with Crippen molar-refractivity contribution >= 4 is 11.6 Å². The molecule has 1 saturated heterocycles. The van der Waals surface area contributed by atoms with Crippen LogP contribution in [0.1, 0.15) is 33.2 Å². The molecule has 88 valence electrons. The molecule has 2 aliphatic rings. The minimum Gasteiger partial charge on any atom is -0.333 e. The van der Waals surface area contributed by atoms with Crippen LogP contribution in [0.2, 0.25) is 0 Å². The molecular weight excluding hydrogens is 218 g/mol. The van der Waals surface area contributed by atoms with E-state index in [1.165, 1.54) is 0 Å². The monoisotopic (exact) mass is 231 g/mol. The van der Waals surface area contributed by atoms with Gasteiger partial charge in [0.05, 0.1) is 0 Å². The van der Waals surface area contributed by atoms with Crippen LogP contribution in [0.4, 0.5) is 0 Å². The Morgan fingerprint density at radius 3 is 2.82 bits per heavy atom. The van der Waals surface area contributed by atoms with Crippen molar-refractivity contribution < 1.29 is 14.3 Å². The van der Waals surface area contributed by atoms with Crippen LogP contribution in [-0.2, 0) is 4.74 Å². The van der Waals surface area contributed by atoms with Crippen LogP contribution in [0.15, 0.2) is 18.2 Å². The van der Waals surface area contributed by atoms with E-state index in [0.717, 1.165) is 5.56 Å². The maximum atomic E-state index is 12.3. The lowest BCUT2D eigenvalue weighted by molar-refractivity contribution is 0.0828. The maximum absolute atomic E-state index is 12.3. The van der Waals surface area contributed by atoms with Crippen LogP contribution in [0.25, 0.3) is 0 Å². The number of Topliss-reactive ketones (excluding diaryl/α,β-unsaturated/α-hetero) is 2. The maximum Gasteiger partial charge on any atom is 0.218 e. The highest BCUT2D eigenvalue weighted by molar-refractivity contribution is 6.22. The van der Waals surface area contributed by atoms with Crippen molar-refractivity contribution in [1.29, 1.82) is 0 Å². The summed E-state index contributed by atoms with van der Waals surface area (Å²) in [6.45, 7) is 4.38. The van der Waals surface area contributed by atoms with Crippen molar-refractivity contribution in [2.75, 3.05) is 6.54 Å². The first kappa shape index (κ1) is 10.6. The second-order valence-electron chi connectivity index (χ2n) is 4.51. The Hall–Kier alpha value is -1.52. The van der Waals surface area contributed by atoms with Crippen LogP contribution in [0, 0.1) is 6.92 Å². The second kappa shape index (κ2) is 3.24. The highest BCUT2D eigenvalue weighted by atomic mass is 16.6. The number of rotatable bonds is 2. The number of ether oxygens (including phenoxy) is 1. The van der Waals surface area contributed by atoms with Crippen molar-refractivity contribution in [3.8, 4) is 0 Å². The molecule has 2 atom stereocenters. The molecule has 3 rings (SSSR count). The molecule has 1 heterocycles. The minimum atomic E-state index is -1.08. The predicted molar refractivity (Wildman–Crippen MR) is 61.1 cm³/mol. The smallest absolute Gasteiger partial charge is 0.218 e. The number of likely N-dealkylation sites (N-methyl/N-ethyl adjacent to an activating group) is 1. The van der Waals surface area contributed by atoms with Gasteiger partial charge in [-0.3, -0.25) is 14.9 Å². The first-order chi connectivity index (χ1) is 8.10. The van der Waals surface area contributed by atoms with Crippen molar-refractivity contribution in [2.45, 2.75) is 25.7 Å². The number of hydrogen-bond donors (Lipinski definition) is 1. The zero-order valence-electron chi connectivity index (χ0n) is 9.74. The molecule has 17 heavy (non-hydrogen) atoms. The number of hydrogen-bond acceptors (Lipinski definition) is 4. The standard InChI is InChI=1S/C13H13NO3/c1-3-14-13-11(16)8-5-4-7(2)6-9(8)10(15)12(13)17-13/h4-6,12,14H,3H2,1-2H3. The summed E-state index contributed by atoms with van der Waals surface area (Å²) in [7, 11) is 0. The number of carbonyl (C=O) groups excluding carboxylic acids is 2. The van der Waals surface area contributed by atoms with Gasteiger partial charge in [-0.25, -0.2) is 0 Å². The number of fused-ring (bicyclic) bond motifs is 2. The molecule has 1 aliphatic carbocycles. The van der Waals surface area contributed by atoms with E-state index < -0.39 is 11.8 Å². The molecule has 4 heteroatoms. The normalized spacial score (nSPS) is 29.9. The van der Waals surface area contributed by atoms with Gasteiger partial charge in [0.25, 0.3) is 0 Å². The third-order valence-corrected chi connectivity index (χ3v) is 3.32. The lowest BCUT2D eigenvalue weighted by atomic mass is 9.85. The fraction of sp³-hybridized carbons (Fsp3) is 0.385. The molecule has 0 spiro atoms. The second-order valence-corrected chi connectivity index (χ2v) is 4.51. The predicted octanol–water partition coefficient (Wildman–Crippen LogP) is 1.08. The number of aryl methyl sites for hydroxylation is 1. The third kappa shape index (κ3) is 1.25. The fourth-order valence-electron chi connectivity index (χ4n) is 2.44. The van der Waals surface area contributed by atoms with Crippen LogP contribution >= 0.6 is 0 Å². The molecule has 2 unspecified atom stereocenters. The Kier molecular flexibility index (Phi) is 2.03. The first-order valence-electron chi connectivity index (χ1n) is 5.72. The summed E-state index contributed by atoms with van der Waals surface area (Å²) in [4.78, 5) is 24.4. The highest BCUT2D eigenvalue weighted by Crippen LogP contribution is 2.44. The van der Waals surface area contributed by atoms with E-state index in [2.05, 4.69) is 5.32 Å². The van der Waals surface area contributed by atoms with E-state index in [9.17, 15) is 9.59 Å². The average molecular weight is 231 g/mol. The van der Waals surface area contributed by atoms with E-state index in [4.69, 9.17) is 4.74 Å². The molecule has 0 radical (unpaired) electrons. The summed E-state index contributed by atoms with van der Waals surface area (Å²) in [6.07, 6.45) is -0.635. The molecule has 0 aromatic heterocycles. The molecule has 1 aliphatic heterocycles. The Morgan fingerprint density at radius 2 is 2.12 bits per heavy atom. The summed E-state index contributed by atoms with van der Waals surface area (Å²) in [6, 6.07) is 5.31. The van der Waals surface area contributed by atoms with Gasteiger partial charge in [0.2, 0.25) is 11.5 Å². The van der Waals surface area contributed by atoms with E-state index in [-0.39, 0.29) is 11.6 Å². The largest absolute Gasteiger partial charge is 0.333 e. The third-order valence-electron chi connectivity index (χ3n) is 3.32. The molecule has 1 aromatic carbocycles. The average Bonchev–Trinajstić information content (AvgIpc) is 3.03. The number of ketones is 2. The highest BCUT2D eigenvalue weighted by Gasteiger charge is 2.68. The number of nitrogens with one attached hydrogen (secondary N) is 1. The molecule has 0 amide bonds. The molecule has 4 nitrogen and oxygen atoms in total. The van der Waals surface area contributed by atoms with Crippen LogP contribution < -0.4 is 5.32 Å². The number of benzene rings is 1. The summed E-state index contributed by atoms with van der Waals surface area (Å²) in [5, 5.41) is 2.98. The van der Waals surface area contributed by atoms with Gasteiger partial charge in [0.15, 0.2) is 11.9 Å². The molecule has 1 fully saturated rings. The van der Waals surface area contributed by atoms with Gasteiger partial charge >= 0.3 is 0 Å². The summed E-state index contributed by atoms with van der Waals surface area (Å²) in [5.41, 5.74) is 0.858. The zero-order chi connectivity index (χ0) is 12.2. The topological polar surface area (TPSA) is 58.7 Å². The van der Waals surface area contributed by atoms with E-state index in [1.807, 2.05) is 19.9 Å². The zero-order valence-corrected chi connectivity index (χ0v) is 9.74. The van der Waals surface area contributed by atoms with Gasteiger partial charge in [0, 0.05) is 11.1 Å². The van der Waals surface area contributed by atoms with Crippen molar-refractivity contribution in [2.24, 2.45) is 0 Å². The summed E-state index contributed by atoms with van der Waals surface area (Å²) in [5.74, 6) is -0.219. The van der Waals surface area contributed by atoms with E-state index in [1.54, 1.807) is 12.1 Å². The van der Waals surface area contributed by atoms with E-state index in [0.29, 0.717) is 17.7 Å². The van der Waals surface area contributed by atoms with Gasteiger partial charge in [-0.15, -0.1) is 0 Å². The van der Waals surface area contributed by atoms with Gasteiger partial charge in [0.1, 0.15) is 0 Å². The number of epoxide rings is 1. The minimum absolute atomic E-state index is 0.0933. The van der Waals surface area contributed by atoms with Crippen LogP contribution in [0.3, 0.4) is 0 Å². The van der Waals surface area contributed by atoms with Crippen molar-refractivity contribution in [3.63, 3.8) is 0 Å². The Bertz CT molecular complexity index is 537. The Morgan fingerprint density at radius 1 is 1.35 bits per heavy atom. The van der Waals surface area contributed by atoms with Crippen molar-refractivity contribution in [3.05, 3.63) is 34.9 Å². The lowest BCUT2D eigenvalue weighted by Gasteiger charge is -2.19. The van der Waals surface area contributed by atoms with Gasteiger partial charge in [-0.1, -0.05) is 24.6 Å². The van der Waals surface area contributed by atoms with Crippen LogP contribution in [0.5, 0.6) is 0 Å². The van der Waals surface area contributed by atoms with Gasteiger partial charge in [-0.05, 0) is 19.5 Å². The van der Waals surface area contributed by atoms with Gasteiger partial charge < -0.3 is 4.74 Å². The summed E-state index contributed by atoms with van der Waals surface area (Å²) >= 11 is 0. The SMILES string of the molecule is CCNC12OC1C(=O)c1cc(C)ccc1C2=O. The Balaban J connectivity index is 2.12. The molecule has 1 aromatic rings. The molecular formula is C13H13NO3. The first-order valence-corrected chi connectivity index (χ1v) is 5.72. The van der Waals surface area contributed by atoms with Crippen LogP contribution in [-0.4, -0.2) is 29.9 Å². The number of carbonyl (C=O) groups is 2. The van der Waals surface area contributed by atoms with E-state index >= 15 is 0 Å². The Labute approximate surface area is 99.0 Å². The molecule has 0 saturated carbocycles. The van der Waals surface area contributed by atoms with Gasteiger partial charge in [-0.2, -0.15) is 0 Å². The molecule has 1 N–H and O–H groups in total.